The number of carbonyl (C=O) groups excluding carboxylic acids is 1. The molecule has 0 aliphatic heterocycles. The molecule has 4 nitrogen and oxygen atoms in total. The van der Waals surface area contributed by atoms with E-state index in [1.165, 1.54) is 12.1 Å². The van der Waals surface area contributed by atoms with Gasteiger partial charge in [0.15, 0.2) is 11.2 Å². The molecule has 0 aliphatic rings. The average Bonchev–Trinajstić information content (AvgIpc) is 2.36. The van der Waals surface area contributed by atoms with Gasteiger partial charge in [0.25, 0.3) is 5.91 Å². The molecule has 0 bridgehead atoms. The lowest BCUT2D eigenvalue weighted by Crippen LogP contribution is -2.25. The number of halogens is 1. The summed E-state index contributed by atoms with van der Waals surface area (Å²) in [5.41, 5.74) is 0.0777. The number of rotatable bonds is 3. The molecule has 1 amide bonds. The maximum atomic E-state index is 11.8. The van der Waals surface area contributed by atoms with Gasteiger partial charge in [-0.15, -0.1) is 0 Å². The molecular weight excluding hydrogens is 254 g/mol. The molecule has 2 rings (SSSR count). The van der Waals surface area contributed by atoms with Crippen LogP contribution in [0, 0.1) is 0 Å². The molecular formula is C13H12ClNO3. The van der Waals surface area contributed by atoms with Crippen molar-refractivity contribution in [2.24, 2.45) is 0 Å². The minimum Gasteiger partial charge on any atom is -0.451 e. The summed E-state index contributed by atoms with van der Waals surface area (Å²) in [5.74, 6) is -0.367. The fourth-order valence-electron chi connectivity index (χ4n) is 1.57. The van der Waals surface area contributed by atoms with Gasteiger partial charge in [-0.25, -0.2) is 0 Å². The van der Waals surface area contributed by atoms with Crippen LogP contribution in [0.1, 0.15) is 23.9 Å². The molecule has 0 atom stereocenters. The van der Waals surface area contributed by atoms with E-state index in [4.69, 9.17) is 16.0 Å². The fourth-order valence-corrected chi connectivity index (χ4v) is 1.74. The number of fused-ring (bicyclic) bond motifs is 1. The lowest BCUT2D eigenvalue weighted by molar-refractivity contribution is 0.0926. The van der Waals surface area contributed by atoms with E-state index >= 15 is 0 Å². The second-order valence-electron chi connectivity index (χ2n) is 3.87. The van der Waals surface area contributed by atoms with E-state index < -0.39 is 0 Å². The van der Waals surface area contributed by atoms with Crippen LogP contribution < -0.4 is 10.7 Å². The van der Waals surface area contributed by atoms with Crippen LogP contribution >= 0.6 is 11.6 Å². The zero-order chi connectivity index (χ0) is 13.1. The number of benzene rings is 1. The Morgan fingerprint density at radius 2 is 2.17 bits per heavy atom. The van der Waals surface area contributed by atoms with E-state index in [9.17, 15) is 9.59 Å². The van der Waals surface area contributed by atoms with Crippen LogP contribution in [0.2, 0.25) is 5.02 Å². The first-order valence-corrected chi connectivity index (χ1v) is 6.01. The molecule has 1 N–H and O–H groups in total. The van der Waals surface area contributed by atoms with Gasteiger partial charge in [0.2, 0.25) is 0 Å². The lowest BCUT2D eigenvalue weighted by Gasteiger charge is -2.04. The largest absolute Gasteiger partial charge is 0.451 e. The molecule has 0 aliphatic carbocycles. The molecule has 0 saturated carbocycles. The summed E-state index contributed by atoms with van der Waals surface area (Å²) in [6.07, 6.45) is 0.819. The third-order valence-corrected chi connectivity index (χ3v) is 2.68. The molecule has 0 spiro atoms. The second kappa shape index (κ2) is 5.23. The van der Waals surface area contributed by atoms with Gasteiger partial charge in [0, 0.05) is 17.6 Å². The highest BCUT2D eigenvalue weighted by Crippen LogP contribution is 2.17. The summed E-state index contributed by atoms with van der Waals surface area (Å²) >= 11 is 5.80. The summed E-state index contributed by atoms with van der Waals surface area (Å²) in [6, 6.07) is 5.90. The van der Waals surface area contributed by atoms with Crippen LogP contribution in [0.5, 0.6) is 0 Å². The maximum absolute atomic E-state index is 11.8. The van der Waals surface area contributed by atoms with E-state index in [1.54, 1.807) is 12.1 Å². The highest BCUT2D eigenvalue weighted by Gasteiger charge is 2.11. The van der Waals surface area contributed by atoms with Gasteiger partial charge in [-0.1, -0.05) is 18.5 Å². The minimum atomic E-state index is -0.384. The van der Waals surface area contributed by atoms with Crippen molar-refractivity contribution in [2.75, 3.05) is 6.54 Å². The normalized spacial score (nSPS) is 10.6. The summed E-state index contributed by atoms with van der Waals surface area (Å²) in [4.78, 5) is 23.5. The van der Waals surface area contributed by atoms with Crippen LogP contribution in [0.3, 0.4) is 0 Å². The Balaban J connectivity index is 2.46. The van der Waals surface area contributed by atoms with Crippen molar-refractivity contribution >= 4 is 28.5 Å². The highest BCUT2D eigenvalue weighted by atomic mass is 35.5. The Morgan fingerprint density at radius 1 is 1.39 bits per heavy atom. The van der Waals surface area contributed by atoms with Gasteiger partial charge in [-0.05, 0) is 24.6 Å². The number of hydrogen-bond acceptors (Lipinski definition) is 3. The van der Waals surface area contributed by atoms with Gasteiger partial charge in [0.05, 0.1) is 5.39 Å². The minimum absolute atomic E-state index is 0.0169. The van der Waals surface area contributed by atoms with Crippen LogP contribution in [0.4, 0.5) is 0 Å². The third kappa shape index (κ3) is 2.54. The molecule has 1 aromatic heterocycles. The molecule has 2 aromatic rings. The zero-order valence-corrected chi connectivity index (χ0v) is 10.6. The molecule has 18 heavy (non-hydrogen) atoms. The smallest absolute Gasteiger partial charge is 0.287 e. The van der Waals surface area contributed by atoms with Crippen molar-refractivity contribution in [3.8, 4) is 0 Å². The van der Waals surface area contributed by atoms with E-state index in [2.05, 4.69) is 5.32 Å². The number of carbonyl (C=O) groups is 1. The quantitative estimate of drug-likeness (QED) is 0.928. The summed E-state index contributed by atoms with van der Waals surface area (Å²) in [7, 11) is 0. The predicted octanol–water partition coefficient (Wildman–Crippen LogP) is 2.59. The molecule has 1 heterocycles. The van der Waals surface area contributed by atoms with Crippen molar-refractivity contribution in [3.05, 3.63) is 45.3 Å². The van der Waals surface area contributed by atoms with Gasteiger partial charge < -0.3 is 9.73 Å². The Bertz CT molecular complexity index is 648. The number of nitrogens with one attached hydrogen (secondary N) is 1. The van der Waals surface area contributed by atoms with Crippen LogP contribution in [0.15, 0.2) is 33.5 Å². The molecule has 0 radical (unpaired) electrons. The molecule has 94 valence electrons. The lowest BCUT2D eigenvalue weighted by atomic mass is 10.2. The van der Waals surface area contributed by atoms with Crippen LogP contribution in [-0.2, 0) is 0 Å². The molecule has 0 saturated heterocycles. The summed E-state index contributed by atoms with van der Waals surface area (Å²) in [5, 5.41) is 3.48. The number of hydrogen-bond donors (Lipinski definition) is 1. The van der Waals surface area contributed by atoms with Crippen LogP contribution in [-0.4, -0.2) is 12.5 Å². The third-order valence-electron chi connectivity index (χ3n) is 2.45. The van der Waals surface area contributed by atoms with Gasteiger partial charge in [0.1, 0.15) is 5.58 Å². The first-order valence-electron chi connectivity index (χ1n) is 5.63. The van der Waals surface area contributed by atoms with Crippen molar-refractivity contribution in [3.63, 3.8) is 0 Å². The van der Waals surface area contributed by atoms with E-state index in [0.29, 0.717) is 22.5 Å². The Labute approximate surface area is 109 Å². The van der Waals surface area contributed by atoms with Crippen molar-refractivity contribution < 1.29 is 9.21 Å². The van der Waals surface area contributed by atoms with Gasteiger partial charge >= 0.3 is 0 Å². The Hall–Kier alpha value is -1.81. The zero-order valence-electron chi connectivity index (χ0n) is 9.83. The first kappa shape index (κ1) is 12.6. The van der Waals surface area contributed by atoms with E-state index in [-0.39, 0.29) is 17.1 Å². The monoisotopic (exact) mass is 265 g/mol. The second-order valence-corrected chi connectivity index (χ2v) is 4.31. The SMILES string of the molecule is CCCNC(=O)c1cc(=O)c2cc(Cl)ccc2o1. The molecule has 1 aromatic carbocycles. The number of amides is 1. The standard InChI is InChI=1S/C13H12ClNO3/c1-2-5-15-13(17)12-7-10(16)9-6-8(14)3-4-11(9)18-12/h3-4,6-7H,2,5H2,1H3,(H,15,17). The molecule has 0 fully saturated rings. The molecule has 5 heteroatoms. The maximum Gasteiger partial charge on any atom is 0.287 e. The molecule has 0 unspecified atom stereocenters. The predicted molar refractivity (Wildman–Crippen MR) is 70.1 cm³/mol. The van der Waals surface area contributed by atoms with Gasteiger partial charge in [-0.2, -0.15) is 0 Å². The first-order chi connectivity index (χ1) is 8.61. The van der Waals surface area contributed by atoms with Gasteiger partial charge in [-0.3, -0.25) is 9.59 Å². The average molecular weight is 266 g/mol. The summed E-state index contributed by atoms with van der Waals surface area (Å²) < 4.78 is 5.39. The fraction of sp³-hybridized carbons (Fsp3) is 0.231. The topological polar surface area (TPSA) is 59.3 Å². The Kier molecular flexibility index (Phi) is 3.67. The van der Waals surface area contributed by atoms with Crippen molar-refractivity contribution in [2.45, 2.75) is 13.3 Å². The summed E-state index contributed by atoms with van der Waals surface area (Å²) in [6.45, 7) is 2.49. The Morgan fingerprint density at radius 3 is 2.89 bits per heavy atom. The van der Waals surface area contributed by atoms with E-state index in [0.717, 1.165) is 6.42 Å². The highest BCUT2D eigenvalue weighted by molar-refractivity contribution is 6.31. The van der Waals surface area contributed by atoms with E-state index in [1.807, 2.05) is 6.92 Å². The van der Waals surface area contributed by atoms with Crippen molar-refractivity contribution in [1.82, 2.24) is 5.32 Å². The van der Waals surface area contributed by atoms with Crippen molar-refractivity contribution in [1.29, 1.82) is 0 Å². The van der Waals surface area contributed by atoms with Crippen LogP contribution in [0.25, 0.3) is 11.0 Å².